The molecule has 0 amide bonds. The molecular weight excluding hydrogens is 240 g/mol. The molecule has 2 nitrogen and oxygen atoms in total. The van der Waals surface area contributed by atoms with Crippen molar-refractivity contribution in [1.29, 1.82) is 0 Å². The maximum atomic E-state index is 6.09. The predicted molar refractivity (Wildman–Crippen MR) is 73.8 cm³/mol. The van der Waals surface area contributed by atoms with E-state index in [-0.39, 0.29) is 0 Å². The van der Waals surface area contributed by atoms with Gasteiger partial charge in [0.1, 0.15) is 0 Å². The first-order valence-corrected chi connectivity index (χ1v) is 6.04. The van der Waals surface area contributed by atoms with E-state index in [0.717, 1.165) is 22.2 Å². The number of benzene rings is 1. The quantitative estimate of drug-likeness (QED) is 0.837. The molecule has 0 radical (unpaired) electrons. The van der Waals surface area contributed by atoms with Crippen LogP contribution in [0.15, 0.2) is 24.3 Å². The summed E-state index contributed by atoms with van der Waals surface area (Å²) in [5, 5.41) is 4.72. The average molecular weight is 257 g/mol. The first kappa shape index (κ1) is 13.3. The van der Waals surface area contributed by atoms with Crippen molar-refractivity contribution in [3.8, 4) is 0 Å². The minimum atomic E-state index is 0.348. The van der Waals surface area contributed by atoms with Crippen molar-refractivity contribution in [3.63, 3.8) is 0 Å². The molecule has 0 aliphatic rings. The van der Waals surface area contributed by atoms with Crippen LogP contribution in [-0.4, -0.2) is 23.1 Å². The van der Waals surface area contributed by atoms with Crippen molar-refractivity contribution in [2.24, 2.45) is 0 Å². The topological polar surface area (TPSA) is 15.3 Å². The van der Waals surface area contributed by atoms with Crippen molar-refractivity contribution >= 4 is 28.9 Å². The van der Waals surface area contributed by atoms with Crippen LogP contribution in [0.1, 0.15) is 19.4 Å². The lowest BCUT2D eigenvalue weighted by Gasteiger charge is -2.23. The summed E-state index contributed by atoms with van der Waals surface area (Å²) >= 11 is 11.4. The highest BCUT2D eigenvalue weighted by atomic mass is 35.5. The Morgan fingerprint density at radius 1 is 1.44 bits per heavy atom. The monoisotopic (exact) mass is 256 g/mol. The van der Waals surface area contributed by atoms with Crippen LogP contribution in [0.3, 0.4) is 0 Å². The van der Waals surface area contributed by atoms with Crippen LogP contribution < -0.4 is 5.32 Å². The summed E-state index contributed by atoms with van der Waals surface area (Å²) in [5.74, 6) is 0. The summed E-state index contributed by atoms with van der Waals surface area (Å²) in [6.07, 6.45) is 0. The van der Waals surface area contributed by atoms with Crippen molar-refractivity contribution < 1.29 is 0 Å². The van der Waals surface area contributed by atoms with Gasteiger partial charge in [-0.05, 0) is 37.7 Å². The molecule has 0 aliphatic heterocycles. The molecule has 0 atom stereocenters. The van der Waals surface area contributed by atoms with Crippen LogP contribution in [0.25, 0.3) is 0 Å². The molecule has 0 spiro atoms. The summed E-state index contributed by atoms with van der Waals surface area (Å²) in [6, 6.07) is 8.16. The maximum absolute atomic E-state index is 6.09. The Kier molecular flexibility index (Phi) is 5.03. The van der Waals surface area contributed by atoms with Gasteiger partial charge >= 0.3 is 0 Å². The van der Waals surface area contributed by atoms with Crippen LogP contribution in [-0.2, 0) is 6.54 Å². The Balaban J connectivity index is 2.61. The lowest BCUT2D eigenvalue weighted by Crippen LogP contribution is -2.40. The van der Waals surface area contributed by atoms with E-state index in [1.807, 2.05) is 36.2 Å². The number of thiocarbonyl (C=S) groups is 1. The van der Waals surface area contributed by atoms with Crippen molar-refractivity contribution in [3.05, 3.63) is 34.9 Å². The molecule has 1 aromatic carbocycles. The smallest absolute Gasteiger partial charge is 0.169 e. The Morgan fingerprint density at radius 3 is 2.62 bits per heavy atom. The van der Waals surface area contributed by atoms with Crippen LogP contribution in [0, 0.1) is 0 Å². The van der Waals surface area contributed by atoms with Crippen LogP contribution in [0.5, 0.6) is 0 Å². The van der Waals surface area contributed by atoms with Gasteiger partial charge in [0.05, 0.1) is 0 Å². The second-order valence-electron chi connectivity index (χ2n) is 4.05. The second kappa shape index (κ2) is 6.06. The molecule has 1 N–H and O–H groups in total. The summed E-state index contributed by atoms with van der Waals surface area (Å²) < 4.78 is 0. The zero-order chi connectivity index (χ0) is 12.1. The van der Waals surface area contributed by atoms with E-state index in [1.165, 1.54) is 0 Å². The highest BCUT2D eigenvalue weighted by Gasteiger charge is 2.07. The summed E-state index contributed by atoms with van der Waals surface area (Å²) in [7, 11) is 1.96. The maximum Gasteiger partial charge on any atom is 0.169 e. The van der Waals surface area contributed by atoms with Gasteiger partial charge in [-0.2, -0.15) is 0 Å². The Labute approximate surface area is 108 Å². The molecule has 0 fully saturated rings. The minimum Gasteiger partial charge on any atom is -0.360 e. The Bertz CT molecular complexity index is 366. The average Bonchev–Trinajstić information content (AvgIpc) is 2.20. The zero-order valence-electron chi connectivity index (χ0n) is 9.83. The van der Waals surface area contributed by atoms with Gasteiger partial charge in [0.15, 0.2) is 5.11 Å². The first-order chi connectivity index (χ1) is 7.50. The number of rotatable bonds is 3. The van der Waals surface area contributed by atoms with Gasteiger partial charge in [0.2, 0.25) is 0 Å². The fraction of sp³-hybridized carbons (Fsp3) is 0.417. The molecule has 0 heterocycles. The number of hydrogen-bond acceptors (Lipinski definition) is 1. The third-order valence-corrected chi connectivity index (χ3v) is 2.92. The van der Waals surface area contributed by atoms with Crippen molar-refractivity contribution in [2.45, 2.75) is 26.4 Å². The van der Waals surface area contributed by atoms with Crippen LogP contribution in [0.4, 0.5) is 0 Å². The summed E-state index contributed by atoms with van der Waals surface area (Å²) in [4.78, 5) is 1.98. The molecule has 4 heteroatoms. The molecule has 0 aromatic heterocycles. The number of nitrogens with one attached hydrogen (secondary N) is 1. The van der Waals surface area contributed by atoms with E-state index >= 15 is 0 Å². The van der Waals surface area contributed by atoms with E-state index in [1.54, 1.807) is 0 Å². The van der Waals surface area contributed by atoms with Gasteiger partial charge in [-0.25, -0.2) is 0 Å². The van der Waals surface area contributed by atoms with Crippen LogP contribution in [0.2, 0.25) is 5.02 Å². The third-order valence-electron chi connectivity index (χ3n) is 2.12. The molecule has 0 saturated heterocycles. The highest BCUT2D eigenvalue weighted by Crippen LogP contribution is 2.16. The zero-order valence-corrected chi connectivity index (χ0v) is 11.4. The molecule has 0 unspecified atom stereocenters. The van der Waals surface area contributed by atoms with E-state index in [0.29, 0.717) is 6.04 Å². The van der Waals surface area contributed by atoms with Gasteiger partial charge in [-0.15, -0.1) is 0 Å². The fourth-order valence-corrected chi connectivity index (χ4v) is 1.81. The van der Waals surface area contributed by atoms with E-state index in [2.05, 4.69) is 19.2 Å². The van der Waals surface area contributed by atoms with E-state index in [4.69, 9.17) is 23.8 Å². The van der Waals surface area contributed by atoms with Crippen molar-refractivity contribution in [2.75, 3.05) is 7.05 Å². The molecule has 0 aliphatic carbocycles. The Morgan fingerprint density at radius 2 is 2.06 bits per heavy atom. The SMILES string of the molecule is CC(C)NC(=S)N(C)Cc1ccccc1Cl. The molecule has 1 rings (SSSR count). The van der Waals surface area contributed by atoms with Gasteiger partial charge in [0, 0.05) is 24.7 Å². The largest absolute Gasteiger partial charge is 0.360 e. The van der Waals surface area contributed by atoms with Gasteiger partial charge in [0.25, 0.3) is 0 Å². The first-order valence-electron chi connectivity index (χ1n) is 5.25. The molecule has 88 valence electrons. The van der Waals surface area contributed by atoms with E-state index < -0.39 is 0 Å². The summed E-state index contributed by atoms with van der Waals surface area (Å²) in [6.45, 7) is 4.85. The lowest BCUT2D eigenvalue weighted by atomic mass is 10.2. The van der Waals surface area contributed by atoms with Gasteiger partial charge in [-0.3, -0.25) is 0 Å². The number of halogens is 1. The molecular formula is C12H17ClN2S. The molecule has 16 heavy (non-hydrogen) atoms. The fourth-order valence-electron chi connectivity index (χ4n) is 1.31. The molecule has 0 saturated carbocycles. The normalized spacial score (nSPS) is 10.3. The van der Waals surface area contributed by atoms with Crippen molar-refractivity contribution in [1.82, 2.24) is 10.2 Å². The standard InChI is InChI=1S/C12H17ClN2S/c1-9(2)14-12(16)15(3)8-10-6-4-5-7-11(10)13/h4-7,9H,8H2,1-3H3,(H,14,16). The minimum absolute atomic E-state index is 0.348. The van der Waals surface area contributed by atoms with Gasteiger partial charge < -0.3 is 10.2 Å². The lowest BCUT2D eigenvalue weighted by molar-refractivity contribution is 0.481. The predicted octanol–water partition coefficient (Wildman–Crippen LogP) is 3.05. The Hall–Kier alpha value is -0.800. The molecule has 0 bridgehead atoms. The highest BCUT2D eigenvalue weighted by molar-refractivity contribution is 7.80. The van der Waals surface area contributed by atoms with Crippen LogP contribution >= 0.6 is 23.8 Å². The number of nitrogens with zero attached hydrogens (tertiary/aromatic N) is 1. The molecule has 1 aromatic rings. The number of hydrogen-bond donors (Lipinski definition) is 1. The summed E-state index contributed by atoms with van der Waals surface area (Å²) in [5.41, 5.74) is 1.08. The van der Waals surface area contributed by atoms with E-state index in [9.17, 15) is 0 Å². The third kappa shape index (κ3) is 3.99. The van der Waals surface area contributed by atoms with Gasteiger partial charge in [-0.1, -0.05) is 29.8 Å². The second-order valence-corrected chi connectivity index (χ2v) is 4.85.